The van der Waals surface area contributed by atoms with Crippen LogP contribution in [0, 0.1) is 0 Å². The predicted molar refractivity (Wildman–Crippen MR) is 138 cm³/mol. The van der Waals surface area contributed by atoms with Gasteiger partial charge in [0.1, 0.15) is 31.0 Å². The largest absolute Gasteiger partial charge is 0.463 e. The van der Waals surface area contributed by atoms with E-state index in [-0.39, 0.29) is 12.6 Å². The second kappa shape index (κ2) is 20.9. The number of unbranched alkanes of at least 4 members (excludes halogenated alkanes) is 9. The molecule has 1 saturated heterocycles. The number of hydrogen-bond donors (Lipinski definition) is 3. The number of carbonyl (C=O) groups excluding carboxylic acids is 1. The van der Waals surface area contributed by atoms with Gasteiger partial charge in [0.2, 0.25) is 0 Å². The highest BCUT2D eigenvalue weighted by Gasteiger charge is 2.44. The molecule has 0 aliphatic carbocycles. The van der Waals surface area contributed by atoms with Crippen molar-refractivity contribution >= 4 is 5.97 Å². The third kappa shape index (κ3) is 14.8. The minimum absolute atomic E-state index is 0.183. The molecule has 1 fully saturated rings. The van der Waals surface area contributed by atoms with Gasteiger partial charge in [-0.3, -0.25) is 4.79 Å². The van der Waals surface area contributed by atoms with Crippen molar-refractivity contribution in [3.8, 4) is 0 Å². The maximum atomic E-state index is 12.0. The predicted octanol–water partition coefficient (Wildman–Crippen LogP) is 4.97. The summed E-state index contributed by atoms with van der Waals surface area (Å²) in [5.41, 5.74) is 0. The molecular weight excluding hydrogens is 448 g/mol. The summed E-state index contributed by atoms with van der Waals surface area (Å²) in [7, 11) is 0. The molecule has 7 heteroatoms. The van der Waals surface area contributed by atoms with Crippen LogP contribution in [0.2, 0.25) is 0 Å². The van der Waals surface area contributed by atoms with Crippen LogP contribution < -0.4 is 0 Å². The fourth-order valence-electron chi connectivity index (χ4n) is 3.86. The van der Waals surface area contributed by atoms with E-state index in [4.69, 9.17) is 14.2 Å². The number of aliphatic hydroxyl groups is 3. The van der Waals surface area contributed by atoms with E-state index in [1.807, 2.05) is 6.92 Å². The molecule has 0 saturated carbocycles. The average Bonchev–Trinajstić information content (AvgIpc) is 2.85. The summed E-state index contributed by atoms with van der Waals surface area (Å²) < 4.78 is 16.2. The van der Waals surface area contributed by atoms with E-state index < -0.39 is 30.7 Å². The lowest BCUT2D eigenvalue weighted by Crippen LogP contribution is -2.59. The van der Waals surface area contributed by atoms with Crippen molar-refractivity contribution in [3.05, 3.63) is 24.3 Å². The minimum atomic E-state index is -1.42. The molecule has 0 radical (unpaired) electrons. The summed E-state index contributed by atoms with van der Waals surface area (Å²) in [6.07, 6.45) is 17.2. The first-order valence-electron chi connectivity index (χ1n) is 13.8. The molecule has 1 aliphatic rings. The van der Waals surface area contributed by atoms with Crippen LogP contribution >= 0.6 is 0 Å². The van der Waals surface area contributed by atoms with E-state index >= 15 is 0 Å². The van der Waals surface area contributed by atoms with Gasteiger partial charge in [0.15, 0.2) is 6.29 Å². The minimum Gasteiger partial charge on any atom is -0.463 e. The molecule has 1 unspecified atom stereocenters. The van der Waals surface area contributed by atoms with E-state index in [1.165, 1.54) is 25.7 Å². The maximum Gasteiger partial charge on any atom is 0.305 e. The molecule has 1 heterocycles. The van der Waals surface area contributed by atoms with Crippen molar-refractivity contribution in [3.63, 3.8) is 0 Å². The van der Waals surface area contributed by atoms with Gasteiger partial charge in [-0.2, -0.15) is 0 Å². The van der Waals surface area contributed by atoms with Crippen molar-refractivity contribution in [2.75, 3.05) is 13.2 Å². The molecule has 0 aromatic rings. The van der Waals surface area contributed by atoms with Gasteiger partial charge in [0.05, 0.1) is 0 Å². The lowest BCUT2D eigenvalue weighted by molar-refractivity contribution is -0.301. The maximum absolute atomic E-state index is 12.0. The van der Waals surface area contributed by atoms with Crippen molar-refractivity contribution in [1.82, 2.24) is 0 Å². The zero-order valence-corrected chi connectivity index (χ0v) is 22.0. The number of aliphatic hydroxyl groups excluding tert-OH is 3. The molecule has 1 aliphatic heterocycles. The number of esters is 1. The molecule has 0 spiro atoms. The molecule has 0 amide bonds. The Balaban J connectivity index is 2.07. The summed E-state index contributed by atoms with van der Waals surface area (Å²) in [5, 5.41) is 30.2. The van der Waals surface area contributed by atoms with Crippen molar-refractivity contribution < 1.29 is 34.3 Å². The highest BCUT2D eigenvalue weighted by Crippen LogP contribution is 2.23. The monoisotopic (exact) mass is 498 g/mol. The van der Waals surface area contributed by atoms with Crippen molar-refractivity contribution in [2.45, 2.75) is 134 Å². The molecule has 1 rings (SSSR count). The number of rotatable bonds is 20. The van der Waals surface area contributed by atoms with E-state index in [0.29, 0.717) is 13.0 Å². The first-order valence-corrected chi connectivity index (χ1v) is 13.8. The van der Waals surface area contributed by atoms with Gasteiger partial charge >= 0.3 is 5.97 Å². The van der Waals surface area contributed by atoms with Gasteiger partial charge in [-0.05, 0) is 44.9 Å². The normalized spacial score (nSPS) is 25.0. The molecule has 35 heavy (non-hydrogen) atoms. The van der Waals surface area contributed by atoms with Crippen LogP contribution in [-0.2, 0) is 19.0 Å². The van der Waals surface area contributed by atoms with Gasteiger partial charge in [0.25, 0.3) is 0 Å². The Morgan fingerprint density at radius 3 is 2.09 bits per heavy atom. The molecule has 0 bridgehead atoms. The molecule has 3 N–H and O–H groups in total. The zero-order chi connectivity index (χ0) is 25.7. The Hall–Kier alpha value is -1.25. The van der Waals surface area contributed by atoms with E-state index in [0.717, 1.165) is 57.8 Å². The Labute approximate surface area is 212 Å². The quantitative estimate of drug-likeness (QED) is 0.124. The first-order chi connectivity index (χ1) is 17.0. The summed E-state index contributed by atoms with van der Waals surface area (Å²) in [6, 6.07) is 0. The van der Waals surface area contributed by atoms with Gasteiger partial charge in [0, 0.05) is 13.0 Å². The number of hydrogen-bond acceptors (Lipinski definition) is 7. The van der Waals surface area contributed by atoms with Crippen LogP contribution in [0.4, 0.5) is 0 Å². The molecule has 7 nitrogen and oxygen atoms in total. The van der Waals surface area contributed by atoms with Crippen molar-refractivity contribution in [2.24, 2.45) is 0 Å². The number of allylic oxidation sites excluding steroid dienone is 4. The Morgan fingerprint density at radius 1 is 0.771 bits per heavy atom. The van der Waals surface area contributed by atoms with Crippen LogP contribution in [-0.4, -0.2) is 65.2 Å². The summed E-state index contributed by atoms with van der Waals surface area (Å²) >= 11 is 0. The molecular formula is C28H50O7. The smallest absolute Gasteiger partial charge is 0.305 e. The summed E-state index contributed by atoms with van der Waals surface area (Å²) in [5.74, 6) is -0.351. The van der Waals surface area contributed by atoms with E-state index in [2.05, 4.69) is 31.2 Å². The van der Waals surface area contributed by atoms with E-state index in [1.54, 1.807) is 0 Å². The van der Waals surface area contributed by atoms with Crippen LogP contribution in [0.15, 0.2) is 24.3 Å². The molecule has 204 valence electrons. The standard InChI is InChI=1S/C28H50O7/c1-3-5-7-8-9-10-11-12-13-14-15-16-17-18-19-20-24(29)34-22-23-25(30)26(31)27(32)28(35-23)33-21-6-4-2/h9-10,12-13,23,25-28,30-32H,3-8,11,14-22H2,1-2H3/b10-9-,13-12-/t23-,25-,26+,27-,28?/m1/s1. The second-order valence-corrected chi connectivity index (χ2v) is 9.40. The Kier molecular flexibility index (Phi) is 19.0. The Bertz CT molecular complexity index is 578. The Morgan fingerprint density at radius 2 is 1.40 bits per heavy atom. The fraction of sp³-hybridized carbons (Fsp3) is 0.821. The van der Waals surface area contributed by atoms with E-state index in [9.17, 15) is 20.1 Å². The number of carbonyl (C=O) groups is 1. The van der Waals surface area contributed by atoms with Gasteiger partial charge in [-0.25, -0.2) is 0 Å². The second-order valence-electron chi connectivity index (χ2n) is 9.40. The highest BCUT2D eigenvalue weighted by atomic mass is 16.7. The lowest BCUT2D eigenvalue weighted by atomic mass is 9.99. The van der Waals surface area contributed by atoms with Gasteiger partial charge in [-0.15, -0.1) is 0 Å². The summed E-state index contributed by atoms with van der Waals surface area (Å²) in [6.45, 7) is 4.43. The van der Waals surface area contributed by atoms with Crippen LogP contribution in [0.3, 0.4) is 0 Å². The first kappa shape index (κ1) is 31.8. The summed E-state index contributed by atoms with van der Waals surface area (Å²) in [4.78, 5) is 12.0. The third-order valence-electron chi connectivity index (χ3n) is 6.19. The average molecular weight is 499 g/mol. The SMILES string of the molecule is CCCCC/C=C\C/C=C\CCCCCCCC(=O)OC[C@H]1OC(OCCCC)[C@H](O)[C@@H](O)[C@@H]1O. The topological polar surface area (TPSA) is 105 Å². The highest BCUT2D eigenvalue weighted by molar-refractivity contribution is 5.69. The number of ether oxygens (including phenoxy) is 3. The van der Waals surface area contributed by atoms with Crippen molar-refractivity contribution in [1.29, 1.82) is 0 Å². The van der Waals surface area contributed by atoms with Crippen LogP contribution in [0.5, 0.6) is 0 Å². The third-order valence-corrected chi connectivity index (χ3v) is 6.19. The zero-order valence-electron chi connectivity index (χ0n) is 22.0. The van der Waals surface area contributed by atoms with Gasteiger partial charge < -0.3 is 29.5 Å². The lowest BCUT2D eigenvalue weighted by Gasteiger charge is -2.39. The van der Waals surface area contributed by atoms with Crippen LogP contribution in [0.1, 0.15) is 104 Å². The molecule has 5 atom stereocenters. The fourth-order valence-corrected chi connectivity index (χ4v) is 3.86. The molecule has 0 aromatic heterocycles. The molecule has 0 aromatic carbocycles. The van der Waals surface area contributed by atoms with Gasteiger partial charge in [-0.1, -0.05) is 76.7 Å². The van der Waals surface area contributed by atoms with Crippen LogP contribution in [0.25, 0.3) is 0 Å².